The van der Waals surface area contributed by atoms with Crippen LogP contribution in [0.15, 0.2) is 33.1 Å². The zero-order chi connectivity index (χ0) is 19.8. The normalized spacial score (nSPS) is 16.0. The van der Waals surface area contributed by atoms with Crippen molar-refractivity contribution in [3.8, 4) is 0 Å². The molecule has 6 nitrogen and oxygen atoms in total. The fourth-order valence-corrected chi connectivity index (χ4v) is 4.45. The quantitative estimate of drug-likeness (QED) is 0.506. The molecule has 2 aromatic rings. The minimum Gasteiger partial charge on any atom is -0.363 e. The first-order valence-corrected chi connectivity index (χ1v) is 11.4. The number of hydrogen-bond donors (Lipinski definition) is 2. The lowest BCUT2D eigenvalue weighted by Gasteiger charge is -2.33. The number of anilines is 1. The molecule has 0 aliphatic carbocycles. The monoisotopic (exact) mass is 403 g/mol. The molecule has 3 heterocycles. The second-order valence-corrected chi connectivity index (χ2v) is 8.21. The van der Waals surface area contributed by atoms with E-state index in [0.29, 0.717) is 18.5 Å². The van der Waals surface area contributed by atoms with Gasteiger partial charge < -0.3 is 20.1 Å². The summed E-state index contributed by atoms with van der Waals surface area (Å²) in [5.41, 5.74) is 1.05. The zero-order valence-electron chi connectivity index (χ0n) is 17.3. The summed E-state index contributed by atoms with van der Waals surface area (Å²) < 4.78 is 5.51. The van der Waals surface area contributed by atoms with Gasteiger partial charge in [0, 0.05) is 37.7 Å². The summed E-state index contributed by atoms with van der Waals surface area (Å²) in [4.78, 5) is 7.19. The highest BCUT2D eigenvalue weighted by Crippen LogP contribution is 2.25. The van der Waals surface area contributed by atoms with Crippen molar-refractivity contribution >= 4 is 22.3 Å². The molecule has 7 heteroatoms. The van der Waals surface area contributed by atoms with Crippen LogP contribution >= 0.6 is 11.3 Å². The van der Waals surface area contributed by atoms with E-state index in [0.717, 1.165) is 62.7 Å². The molecule has 2 N–H and O–H groups in total. The van der Waals surface area contributed by atoms with E-state index in [1.54, 1.807) is 0 Å². The van der Waals surface area contributed by atoms with Crippen LogP contribution in [0.2, 0.25) is 0 Å². The number of hydrogen-bond acceptors (Lipinski definition) is 5. The van der Waals surface area contributed by atoms with Gasteiger partial charge in [0.25, 0.3) is 0 Å². The van der Waals surface area contributed by atoms with E-state index in [9.17, 15) is 0 Å². The lowest BCUT2D eigenvalue weighted by Crippen LogP contribution is -2.48. The maximum Gasteiger partial charge on any atom is 0.191 e. The smallest absolute Gasteiger partial charge is 0.191 e. The van der Waals surface area contributed by atoms with Crippen LogP contribution in [-0.4, -0.2) is 36.8 Å². The van der Waals surface area contributed by atoms with Crippen molar-refractivity contribution in [2.24, 2.45) is 4.99 Å². The van der Waals surface area contributed by atoms with Crippen LogP contribution in [0.1, 0.15) is 63.8 Å². The molecule has 0 amide bonds. The molecule has 0 unspecified atom stereocenters. The molecule has 1 aliphatic heterocycles. The highest BCUT2D eigenvalue weighted by atomic mass is 32.1. The van der Waals surface area contributed by atoms with E-state index in [1.807, 2.05) is 11.3 Å². The van der Waals surface area contributed by atoms with Crippen molar-refractivity contribution in [1.82, 2.24) is 15.8 Å². The molecule has 0 atom stereocenters. The average molecular weight is 404 g/mol. The van der Waals surface area contributed by atoms with E-state index in [4.69, 9.17) is 9.52 Å². The van der Waals surface area contributed by atoms with E-state index in [2.05, 4.69) is 65.0 Å². The van der Waals surface area contributed by atoms with E-state index in [1.165, 1.54) is 5.00 Å². The Labute approximate surface area is 172 Å². The number of thiophene rings is 1. The molecule has 1 fully saturated rings. The third kappa shape index (κ3) is 5.50. The van der Waals surface area contributed by atoms with Crippen LogP contribution in [-0.2, 0) is 6.54 Å². The summed E-state index contributed by atoms with van der Waals surface area (Å²) in [6, 6.07) is 6.84. The third-order valence-electron chi connectivity index (χ3n) is 5.37. The van der Waals surface area contributed by atoms with Gasteiger partial charge in [-0.3, -0.25) is 0 Å². The van der Waals surface area contributed by atoms with Gasteiger partial charge in [-0.25, -0.2) is 4.99 Å². The molecule has 1 aliphatic rings. The highest BCUT2D eigenvalue weighted by Gasteiger charge is 2.21. The second kappa shape index (κ2) is 10.5. The standard InChI is InChI=1S/C21H33N5OS/c1-4-16(5-2)19-14-18(27-25-19)15-23-21(22-6-3)24-17-9-11-26(12-10-17)20-8-7-13-28-20/h7-8,13-14,16-17H,4-6,9-12,15H2,1-3H3,(H2,22,23,24). The first kappa shape index (κ1) is 20.7. The predicted molar refractivity (Wildman–Crippen MR) is 117 cm³/mol. The van der Waals surface area contributed by atoms with Crippen molar-refractivity contribution in [2.75, 3.05) is 24.5 Å². The maximum absolute atomic E-state index is 5.51. The van der Waals surface area contributed by atoms with Crippen LogP contribution in [0.25, 0.3) is 0 Å². The van der Waals surface area contributed by atoms with E-state index < -0.39 is 0 Å². The largest absolute Gasteiger partial charge is 0.363 e. The Hall–Kier alpha value is -2.02. The minimum atomic E-state index is 0.448. The molecule has 154 valence electrons. The van der Waals surface area contributed by atoms with Gasteiger partial charge in [-0.2, -0.15) is 0 Å². The van der Waals surface area contributed by atoms with Crippen molar-refractivity contribution in [2.45, 2.75) is 65.0 Å². The molecule has 28 heavy (non-hydrogen) atoms. The van der Waals surface area contributed by atoms with E-state index >= 15 is 0 Å². The summed E-state index contributed by atoms with van der Waals surface area (Å²) in [5, 5.41) is 14.7. The number of rotatable bonds is 8. The fourth-order valence-electron chi connectivity index (χ4n) is 3.67. The van der Waals surface area contributed by atoms with Gasteiger partial charge in [0.1, 0.15) is 6.54 Å². The van der Waals surface area contributed by atoms with Crippen molar-refractivity contribution < 1.29 is 4.52 Å². The van der Waals surface area contributed by atoms with Gasteiger partial charge in [0.2, 0.25) is 0 Å². The van der Waals surface area contributed by atoms with Gasteiger partial charge in [-0.05, 0) is 50.1 Å². The Balaban J connectivity index is 1.53. The lowest BCUT2D eigenvalue weighted by molar-refractivity contribution is 0.372. The summed E-state index contributed by atoms with van der Waals surface area (Å²) in [6.45, 7) is 9.99. The Morgan fingerprint density at radius 2 is 2.11 bits per heavy atom. The van der Waals surface area contributed by atoms with Crippen LogP contribution in [0.5, 0.6) is 0 Å². The molecule has 0 radical (unpaired) electrons. The van der Waals surface area contributed by atoms with Crippen molar-refractivity contribution in [1.29, 1.82) is 0 Å². The minimum absolute atomic E-state index is 0.448. The lowest BCUT2D eigenvalue weighted by atomic mass is 9.99. The third-order valence-corrected chi connectivity index (χ3v) is 6.30. The Morgan fingerprint density at radius 1 is 1.32 bits per heavy atom. The summed E-state index contributed by atoms with van der Waals surface area (Å²) in [7, 11) is 0. The number of guanidine groups is 1. The average Bonchev–Trinajstić information content (AvgIpc) is 3.40. The van der Waals surface area contributed by atoms with Gasteiger partial charge in [0.15, 0.2) is 11.7 Å². The van der Waals surface area contributed by atoms with E-state index in [-0.39, 0.29) is 0 Å². The van der Waals surface area contributed by atoms with Crippen molar-refractivity contribution in [3.63, 3.8) is 0 Å². The summed E-state index contributed by atoms with van der Waals surface area (Å²) in [6.07, 6.45) is 4.40. The first-order chi connectivity index (χ1) is 13.7. The van der Waals surface area contributed by atoms with Crippen LogP contribution in [0.3, 0.4) is 0 Å². The summed E-state index contributed by atoms with van der Waals surface area (Å²) >= 11 is 1.82. The Morgan fingerprint density at radius 3 is 2.75 bits per heavy atom. The first-order valence-electron chi connectivity index (χ1n) is 10.5. The summed E-state index contributed by atoms with van der Waals surface area (Å²) in [5.74, 6) is 2.16. The molecule has 3 rings (SSSR count). The molecule has 0 saturated carbocycles. The number of aliphatic imine (C=N–C) groups is 1. The number of aromatic nitrogens is 1. The molecule has 0 spiro atoms. The van der Waals surface area contributed by atoms with Crippen LogP contribution in [0, 0.1) is 0 Å². The van der Waals surface area contributed by atoms with Gasteiger partial charge in [-0.1, -0.05) is 19.0 Å². The zero-order valence-corrected chi connectivity index (χ0v) is 18.1. The Bertz CT molecular complexity index is 715. The second-order valence-electron chi connectivity index (χ2n) is 7.28. The molecular formula is C21H33N5OS. The van der Waals surface area contributed by atoms with Crippen LogP contribution in [0.4, 0.5) is 5.00 Å². The van der Waals surface area contributed by atoms with Gasteiger partial charge >= 0.3 is 0 Å². The molecule has 0 bridgehead atoms. The molecule has 1 saturated heterocycles. The SMILES string of the molecule is CCNC(=NCc1cc(C(CC)CC)no1)NC1CCN(c2cccs2)CC1. The number of nitrogens with zero attached hydrogens (tertiary/aromatic N) is 3. The maximum atomic E-state index is 5.51. The topological polar surface area (TPSA) is 65.7 Å². The van der Waals surface area contributed by atoms with Gasteiger partial charge in [0.05, 0.1) is 10.7 Å². The number of piperidine rings is 1. The van der Waals surface area contributed by atoms with Crippen molar-refractivity contribution in [3.05, 3.63) is 35.0 Å². The predicted octanol–water partition coefficient (Wildman–Crippen LogP) is 4.36. The Kier molecular flexibility index (Phi) is 7.77. The fraction of sp³-hybridized carbons (Fsp3) is 0.619. The van der Waals surface area contributed by atoms with Gasteiger partial charge in [-0.15, -0.1) is 11.3 Å². The number of nitrogens with one attached hydrogen (secondary N) is 2. The molecule has 0 aromatic carbocycles. The molecule has 2 aromatic heterocycles. The highest BCUT2D eigenvalue weighted by molar-refractivity contribution is 7.14. The molecular weight excluding hydrogens is 370 g/mol. The van der Waals surface area contributed by atoms with Crippen LogP contribution < -0.4 is 15.5 Å².